The molecule has 6 heteroatoms. The van der Waals surface area contributed by atoms with Gasteiger partial charge in [0.1, 0.15) is 17.6 Å². The standard InChI is InChI=1S/C9H9N3O2S/c1-14-6-3-2-4-7-8(6)12-9(15-7)10-5-11-13/h2-5,13H,1H3,(H,10,11,12). The number of methoxy groups -OCH3 is 1. The number of nitrogens with zero attached hydrogens (tertiary/aromatic N) is 2. The summed E-state index contributed by atoms with van der Waals surface area (Å²) in [6.07, 6.45) is 1.17. The van der Waals surface area contributed by atoms with Gasteiger partial charge in [0.2, 0.25) is 5.13 Å². The molecule has 0 bridgehead atoms. The molecule has 2 aromatic rings. The molecule has 0 saturated heterocycles. The Morgan fingerprint density at radius 1 is 1.60 bits per heavy atom. The van der Waals surface area contributed by atoms with Crippen LogP contribution in [0.1, 0.15) is 0 Å². The Bertz CT molecular complexity index is 495. The maximum Gasteiger partial charge on any atom is 0.211 e. The zero-order chi connectivity index (χ0) is 10.7. The van der Waals surface area contributed by atoms with Gasteiger partial charge in [0.15, 0.2) is 0 Å². The number of ether oxygens (including phenoxy) is 1. The Kier molecular flexibility index (Phi) is 2.79. The molecular weight excluding hydrogens is 214 g/mol. The van der Waals surface area contributed by atoms with Gasteiger partial charge in [-0.2, -0.15) is 0 Å². The lowest BCUT2D eigenvalue weighted by Gasteiger charge is -1.97. The van der Waals surface area contributed by atoms with Gasteiger partial charge in [-0.25, -0.2) is 9.98 Å². The fourth-order valence-electron chi connectivity index (χ4n) is 1.22. The van der Waals surface area contributed by atoms with E-state index in [4.69, 9.17) is 9.94 Å². The third kappa shape index (κ3) is 1.90. The molecule has 0 aliphatic rings. The van der Waals surface area contributed by atoms with E-state index in [-0.39, 0.29) is 0 Å². The quantitative estimate of drug-likeness (QED) is 0.474. The summed E-state index contributed by atoms with van der Waals surface area (Å²) in [5.41, 5.74) is 2.62. The molecule has 0 unspecified atom stereocenters. The zero-order valence-electron chi connectivity index (χ0n) is 7.97. The summed E-state index contributed by atoms with van der Waals surface area (Å²) in [5.74, 6) is 0.724. The van der Waals surface area contributed by atoms with Crippen LogP contribution in [0.2, 0.25) is 0 Å². The smallest absolute Gasteiger partial charge is 0.211 e. The molecule has 0 aliphatic carbocycles. The van der Waals surface area contributed by atoms with Gasteiger partial charge in [0.05, 0.1) is 11.8 Å². The van der Waals surface area contributed by atoms with Gasteiger partial charge >= 0.3 is 0 Å². The summed E-state index contributed by atoms with van der Waals surface area (Å²) in [4.78, 5) is 8.17. The second kappa shape index (κ2) is 4.24. The van der Waals surface area contributed by atoms with Gasteiger partial charge in [0.25, 0.3) is 0 Å². The molecule has 78 valence electrons. The highest BCUT2D eigenvalue weighted by Gasteiger charge is 2.06. The minimum atomic E-state index is 0.566. The van der Waals surface area contributed by atoms with Crippen molar-refractivity contribution in [2.45, 2.75) is 0 Å². The van der Waals surface area contributed by atoms with Crippen molar-refractivity contribution in [3.05, 3.63) is 18.2 Å². The molecule has 15 heavy (non-hydrogen) atoms. The summed E-state index contributed by atoms with van der Waals surface area (Å²) < 4.78 is 6.17. The topological polar surface area (TPSA) is 66.7 Å². The van der Waals surface area contributed by atoms with E-state index in [2.05, 4.69) is 9.98 Å². The summed E-state index contributed by atoms with van der Waals surface area (Å²) in [6, 6.07) is 5.69. The largest absolute Gasteiger partial charge is 0.494 e. The second-order valence-corrected chi connectivity index (χ2v) is 3.70. The van der Waals surface area contributed by atoms with Crippen molar-refractivity contribution in [1.29, 1.82) is 0 Å². The van der Waals surface area contributed by atoms with Crippen LogP contribution in [-0.2, 0) is 0 Å². The van der Waals surface area contributed by atoms with E-state index in [1.807, 2.05) is 23.7 Å². The van der Waals surface area contributed by atoms with Crippen LogP contribution < -0.4 is 10.2 Å². The molecule has 5 nitrogen and oxygen atoms in total. The van der Waals surface area contributed by atoms with Crippen LogP contribution in [0.25, 0.3) is 10.2 Å². The minimum absolute atomic E-state index is 0.566. The van der Waals surface area contributed by atoms with Crippen LogP contribution in [0.15, 0.2) is 23.2 Å². The van der Waals surface area contributed by atoms with Crippen LogP contribution in [0.5, 0.6) is 5.75 Å². The summed E-state index contributed by atoms with van der Waals surface area (Å²) in [5, 5.41) is 8.92. The number of aliphatic imine (C=N–C) groups is 1. The molecule has 2 rings (SSSR count). The summed E-state index contributed by atoms with van der Waals surface area (Å²) >= 11 is 1.43. The van der Waals surface area contributed by atoms with E-state index in [0.717, 1.165) is 16.0 Å². The molecule has 0 aliphatic heterocycles. The number of aromatic nitrogens is 1. The molecule has 0 saturated carbocycles. The first-order chi connectivity index (χ1) is 7.35. The fraction of sp³-hybridized carbons (Fsp3) is 0.111. The number of thiazole rings is 1. The van der Waals surface area contributed by atoms with E-state index in [0.29, 0.717) is 5.13 Å². The predicted octanol–water partition coefficient (Wildman–Crippen LogP) is 1.94. The lowest BCUT2D eigenvalue weighted by Crippen LogP contribution is -2.00. The molecule has 0 atom stereocenters. The minimum Gasteiger partial charge on any atom is -0.494 e. The maximum absolute atomic E-state index is 8.36. The number of fused-ring (bicyclic) bond motifs is 1. The van der Waals surface area contributed by atoms with E-state index >= 15 is 0 Å². The molecule has 2 N–H and O–H groups in total. The van der Waals surface area contributed by atoms with E-state index in [1.165, 1.54) is 17.7 Å². The number of benzene rings is 1. The Hall–Kier alpha value is -1.66. The average Bonchev–Trinajstić information content (AvgIpc) is 2.68. The molecular formula is C9H9N3O2S. The molecule has 1 heterocycles. The van der Waals surface area contributed by atoms with Crippen LogP contribution in [-0.4, -0.2) is 23.6 Å². The van der Waals surface area contributed by atoms with Crippen LogP contribution in [0.4, 0.5) is 5.13 Å². The third-order valence-corrected chi connectivity index (χ3v) is 2.75. The molecule has 1 aromatic carbocycles. The fourth-order valence-corrected chi connectivity index (χ4v) is 2.04. The van der Waals surface area contributed by atoms with Crippen molar-refractivity contribution in [3.63, 3.8) is 0 Å². The number of rotatable bonds is 3. The van der Waals surface area contributed by atoms with E-state index in [1.54, 1.807) is 7.11 Å². The van der Waals surface area contributed by atoms with Crippen molar-refractivity contribution in [3.8, 4) is 5.75 Å². The average molecular weight is 223 g/mol. The summed E-state index contributed by atoms with van der Waals surface area (Å²) in [6.45, 7) is 0. The Morgan fingerprint density at radius 2 is 2.47 bits per heavy atom. The maximum atomic E-state index is 8.36. The first-order valence-corrected chi connectivity index (χ1v) is 5.02. The van der Waals surface area contributed by atoms with Gasteiger partial charge in [-0.1, -0.05) is 17.4 Å². The highest BCUT2D eigenvalue weighted by molar-refractivity contribution is 7.22. The molecule has 0 amide bonds. The Labute approximate surface area is 90.0 Å². The molecule has 0 spiro atoms. The Balaban J connectivity index is 2.50. The van der Waals surface area contributed by atoms with Crippen molar-refractivity contribution in [2.24, 2.45) is 4.99 Å². The monoisotopic (exact) mass is 223 g/mol. The first kappa shape index (κ1) is 9.88. The number of para-hydroxylation sites is 1. The second-order valence-electron chi connectivity index (χ2n) is 2.69. The zero-order valence-corrected chi connectivity index (χ0v) is 8.78. The Morgan fingerprint density at radius 3 is 3.20 bits per heavy atom. The van der Waals surface area contributed by atoms with Gasteiger partial charge in [-0.05, 0) is 12.1 Å². The van der Waals surface area contributed by atoms with Crippen molar-refractivity contribution in [2.75, 3.05) is 7.11 Å². The number of nitrogens with one attached hydrogen (secondary N) is 1. The van der Waals surface area contributed by atoms with Crippen molar-refractivity contribution >= 4 is 33.0 Å². The predicted molar refractivity (Wildman–Crippen MR) is 59.2 cm³/mol. The summed E-state index contributed by atoms with van der Waals surface area (Å²) in [7, 11) is 1.60. The number of hydroxylamine groups is 1. The van der Waals surface area contributed by atoms with Gasteiger partial charge in [0, 0.05) is 0 Å². The molecule has 1 aromatic heterocycles. The lowest BCUT2D eigenvalue weighted by molar-refractivity contribution is 0.240. The SMILES string of the molecule is COc1cccc2sc(/N=C/NO)nc12. The molecule has 0 radical (unpaired) electrons. The van der Waals surface area contributed by atoms with Crippen molar-refractivity contribution < 1.29 is 9.94 Å². The van der Waals surface area contributed by atoms with Gasteiger partial charge in [-0.3, -0.25) is 10.7 Å². The van der Waals surface area contributed by atoms with Crippen LogP contribution in [0.3, 0.4) is 0 Å². The highest BCUT2D eigenvalue weighted by Crippen LogP contribution is 2.33. The number of hydrogen-bond donors (Lipinski definition) is 2. The third-order valence-electron chi connectivity index (χ3n) is 1.82. The first-order valence-electron chi connectivity index (χ1n) is 4.21. The van der Waals surface area contributed by atoms with Crippen molar-refractivity contribution in [1.82, 2.24) is 10.5 Å². The van der Waals surface area contributed by atoms with E-state index in [9.17, 15) is 0 Å². The molecule has 0 fully saturated rings. The normalized spacial score (nSPS) is 11.1. The van der Waals surface area contributed by atoms with E-state index < -0.39 is 0 Å². The van der Waals surface area contributed by atoms with Crippen LogP contribution >= 0.6 is 11.3 Å². The number of hydrogen-bond acceptors (Lipinski definition) is 5. The highest BCUT2D eigenvalue weighted by atomic mass is 32.1. The van der Waals surface area contributed by atoms with Gasteiger partial charge in [-0.15, -0.1) is 0 Å². The van der Waals surface area contributed by atoms with Crippen LogP contribution in [0, 0.1) is 0 Å². The lowest BCUT2D eigenvalue weighted by atomic mass is 10.3. The van der Waals surface area contributed by atoms with Gasteiger partial charge < -0.3 is 4.74 Å².